The third-order valence-corrected chi connectivity index (χ3v) is 3.29. The first kappa shape index (κ1) is 13.9. The number of hydrogen-bond acceptors (Lipinski definition) is 5. The van der Waals surface area contributed by atoms with Crippen molar-refractivity contribution in [3.8, 4) is 11.5 Å². The second kappa shape index (κ2) is 5.77. The van der Waals surface area contributed by atoms with Gasteiger partial charge in [0.1, 0.15) is 0 Å². The fourth-order valence-electron chi connectivity index (χ4n) is 2.21. The Labute approximate surface area is 127 Å². The molecule has 3 rings (SSSR count). The summed E-state index contributed by atoms with van der Waals surface area (Å²) >= 11 is 0. The van der Waals surface area contributed by atoms with E-state index in [1.165, 1.54) is 0 Å². The van der Waals surface area contributed by atoms with Gasteiger partial charge in [-0.25, -0.2) is 4.98 Å². The molecule has 0 aliphatic rings. The molecule has 0 spiro atoms. The molecule has 1 heterocycles. The van der Waals surface area contributed by atoms with E-state index in [0.717, 1.165) is 16.6 Å². The Bertz CT molecular complexity index is 839. The molecule has 0 saturated heterocycles. The average molecular weight is 296 g/mol. The van der Waals surface area contributed by atoms with Crippen LogP contribution in [0.2, 0.25) is 0 Å². The third kappa shape index (κ3) is 2.46. The number of aromatic nitrogens is 2. The zero-order valence-electron chi connectivity index (χ0n) is 12.4. The zero-order valence-corrected chi connectivity index (χ0v) is 12.4. The summed E-state index contributed by atoms with van der Waals surface area (Å²) in [4.78, 5) is 4.27. The molecule has 0 amide bonds. The van der Waals surface area contributed by atoms with Gasteiger partial charge in [0.2, 0.25) is 5.95 Å². The third-order valence-electron chi connectivity index (χ3n) is 3.29. The van der Waals surface area contributed by atoms with Crippen LogP contribution < -0.4 is 15.2 Å². The molecular formula is C16H16N4O2. The summed E-state index contributed by atoms with van der Waals surface area (Å²) in [5.74, 6) is 1.67. The van der Waals surface area contributed by atoms with Gasteiger partial charge in [0.25, 0.3) is 0 Å². The van der Waals surface area contributed by atoms with Crippen molar-refractivity contribution in [2.75, 3.05) is 20.0 Å². The summed E-state index contributed by atoms with van der Waals surface area (Å²) in [6.45, 7) is 0. The number of fused-ring (bicyclic) bond motifs is 1. The molecule has 22 heavy (non-hydrogen) atoms. The minimum absolute atomic E-state index is 0.345. The lowest BCUT2D eigenvalue weighted by Gasteiger charge is -2.07. The number of methoxy groups -OCH3 is 2. The van der Waals surface area contributed by atoms with E-state index in [1.807, 2.05) is 42.5 Å². The first-order chi connectivity index (χ1) is 10.7. The maximum absolute atomic E-state index is 5.91. The van der Waals surface area contributed by atoms with E-state index >= 15 is 0 Å². The van der Waals surface area contributed by atoms with Crippen molar-refractivity contribution >= 4 is 23.2 Å². The van der Waals surface area contributed by atoms with Gasteiger partial charge in [-0.1, -0.05) is 12.1 Å². The molecule has 0 atom stereocenters. The fourth-order valence-corrected chi connectivity index (χ4v) is 2.21. The topological polar surface area (TPSA) is 74.7 Å². The van der Waals surface area contributed by atoms with E-state index in [-0.39, 0.29) is 0 Å². The van der Waals surface area contributed by atoms with Gasteiger partial charge in [-0.15, -0.1) is 0 Å². The van der Waals surface area contributed by atoms with Gasteiger partial charge in [0.15, 0.2) is 11.5 Å². The van der Waals surface area contributed by atoms with Crippen LogP contribution in [0.25, 0.3) is 11.0 Å². The van der Waals surface area contributed by atoms with Crippen molar-refractivity contribution in [3.05, 3.63) is 48.0 Å². The van der Waals surface area contributed by atoms with Crippen LogP contribution in [0.15, 0.2) is 47.6 Å². The number of hydrogen-bond donors (Lipinski definition) is 1. The van der Waals surface area contributed by atoms with Crippen molar-refractivity contribution in [3.63, 3.8) is 0 Å². The Morgan fingerprint density at radius 3 is 2.64 bits per heavy atom. The number of ether oxygens (including phenoxy) is 2. The standard InChI is InChI=1S/C16H16N4O2/c1-21-14-8-7-11(9-15(14)22-2)10-18-20-13-6-4-3-5-12(13)19-16(20)17/h3-10H,1-2H3,(H2,17,19)/b18-10-. The van der Waals surface area contributed by atoms with Crippen LogP contribution in [-0.4, -0.2) is 30.1 Å². The van der Waals surface area contributed by atoms with Gasteiger partial charge in [0, 0.05) is 0 Å². The number of nitrogens with zero attached hydrogens (tertiary/aromatic N) is 3. The molecule has 0 bridgehead atoms. The second-order valence-electron chi connectivity index (χ2n) is 4.63. The molecule has 2 N–H and O–H groups in total. The second-order valence-corrected chi connectivity index (χ2v) is 4.63. The SMILES string of the molecule is COc1ccc(/C=N\n2c(N)nc3ccccc32)cc1OC. The van der Waals surface area contributed by atoms with Crippen molar-refractivity contribution in [2.24, 2.45) is 5.10 Å². The maximum Gasteiger partial charge on any atom is 0.222 e. The van der Waals surface area contributed by atoms with Gasteiger partial charge in [0.05, 0.1) is 31.5 Å². The normalized spacial score (nSPS) is 11.2. The van der Waals surface area contributed by atoms with Gasteiger partial charge >= 0.3 is 0 Å². The molecule has 1 aromatic heterocycles. The van der Waals surface area contributed by atoms with E-state index in [1.54, 1.807) is 25.1 Å². The van der Waals surface area contributed by atoms with Crippen LogP contribution in [-0.2, 0) is 0 Å². The van der Waals surface area contributed by atoms with Gasteiger partial charge in [-0.05, 0) is 35.9 Å². The zero-order chi connectivity index (χ0) is 15.5. The van der Waals surface area contributed by atoms with E-state index in [9.17, 15) is 0 Å². The van der Waals surface area contributed by atoms with Crippen molar-refractivity contribution < 1.29 is 9.47 Å². The van der Waals surface area contributed by atoms with Crippen LogP contribution in [0.3, 0.4) is 0 Å². The average Bonchev–Trinajstić information content (AvgIpc) is 2.87. The molecule has 0 aliphatic heterocycles. The molecule has 6 heteroatoms. The van der Waals surface area contributed by atoms with Crippen molar-refractivity contribution in [1.82, 2.24) is 9.66 Å². The van der Waals surface area contributed by atoms with Gasteiger partial charge in [-0.3, -0.25) is 0 Å². The smallest absolute Gasteiger partial charge is 0.222 e. The van der Waals surface area contributed by atoms with E-state index in [2.05, 4.69) is 10.1 Å². The first-order valence-corrected chi connectivity index (χ1v) is 6.72. The molecule has 2 aromatic carbocycles. The molecule has 0 aliphatic carbocycles. The van der Waals surface area contributed by atoms with Crippen LogP contribution in [0, 0.1) is 0 Å². The van der Waals surface area contributed by atoms with Crippen LogP contribution in [0.4, 0.5) is 5.95 Å². The van der Waals surface area contributed by atoms with Crippen LogP contribution in [0.1, 0.15) is 5.56 Å². The molecule has 112 valence electrons. The minimum Gasteiger partial charge on any atom is -0.493 e. The Hall–Kier alpha value is -3.02. The monoisotopic (exact) mass is 296 g/mol. The summed E-state index contributed by atoms with van der Waals surface area (Å²) in [5.41, 5.74) is 8.45. The summed E-state index contributed by atoms with van der Waals surface area (Å²) in [6.07, 6.45) is 1.70. The largest absolute Gasteiger partial charge is 0.493 e. The number of anilines is 1. The number of rotatable bonds is 4. The van der Waals surface area contributed by atoms with Crippen LogP contribution in [0.5, 0.6) is 11.5 Å². The molecule has 3 aromatic rings. The predicted octanol–water partition coefficient (Wildman–Crippen LogP) is 2.52. The Kier molecular flexibility index (Phi) is 3.65. The van der Waals surface area contributed by atoms with Crippen molar-refractivity contribution in [1.29, 1.82) is 0 Å². The quantitative estimate of drug-likeness (QED) is 0.751. The highest BCUT2D eigenvalue weighted by atomic mass is 16.5. The summed E-state index contributed by atoms with van der Waals surface area (Å²) in [5, 5.41) is 4.40. The van der Waals surface area contributed by atoms with Gasteiger partial charge < -0.3 is 15.2 Å². The fraction of sp³-hybridized carbons (Fsp3) is 0.125. The number of nitrogen functional groups attached to an aromatic ring is 1. The van der Waals surface area contributed by atoms with Crippen LogP contribution >= 0.6 is 0 Å². The maximum atomic E-state index is 5.91. The minimum atomic E-state index is 0.345. The Morgan fingerprint density at radius 2 is 1.86 bits per heavy atom. The molecule has 0 unspecified atom stereocenters. The summed E-state index contributed by atoms with van der Waals surface area (Å²) < 4.78 is 12.1. The highest BCUT2D eigenvalue weighted by Gasteiger charge is 2.06. The first-order valence-electron chi connectivity index (χ1n) is 6.72. The van der Waals surface area contributed by atoms with Crippen molar-refractivity contribution in [2.45, 2.75) is 0 Å². The predicted molar refractivity (Wildman–Crippen MR) is 86.7 cm³/mol. The number of nitrogens with two attached hydrogens (primary N) is 1. The number of para-hydroxylation sites is 2. The lowest BCUT2D eigenvalue weighted by atomic mass is 10.2. The number of benzene rings is 2. The molecular weight excluding hydrogens is 280 g/mol. The summed E-state index contributed by atoms with van der Waals surface area (Å²) in [6, 6.07) is 13.2. The lowest BCUT2D eigenvalue weighted by molar-refractivity contribution is 0.355. The highest BCUT2D eigenvalue weighted by molar-refractivity contribution is 5.83. The molecule has 6 nitrogen and oxygen atoms in total. The molecule has 0 fully saturated rings. The lowest BCUT2D eigenvalue weighted by Crippen LogP contribution is -1.98. The number of imidazole rings is 1. The van der Waals surface area contributed by atoms with E-state index in [0.29, 0.717) is 17.4 Å². The van der Waals surface area contributed by atoms with E-state index < -0.39 is 0 Å². The molecule has 0 radical (unpaired) electrons. The van der Waals surface area contributed by atoms with Gasteiger partial charge in [-0.2, -0.15) is 9.78 Å². The Balaban J connectivity index is 1.98. The molecule has 0 saturated carbocycles. The summed E-state index contributed by atoms with van der Waals surface area (Å²) in [7, 11) is 3.20. The van der Waals surface area contributed by atoms with E-state index in [4.69, 9.17) is 15.2 Å². The Morgan fingerprint density at radius 1 is 1.09 bits per heavy atom. The highest BCUT2D eigenvalue weighted by Crippen LogP contribution is 2.27.